The van der Waals surface area contributed by atoms with E-state index in [1.54, 1.807) is 0 Å². The summed E-state index contributed by atoms with van der Waals surface area (Å²) in [6.45, 7) is -0.326. The lowest BCUT2D eigenvalue weighted by Gasteiger charge is -2.12. The van der Waals surface area contributed by atoms with Crippen molar-refractivity contribution >= 4 is 9.84 Å². The number of sulfone groups is 1. The summed E-state index contributed by atoms with van der Waals surface area (Å²) in [5.41, 5.74) is 0.0809. The van der Waals surface area contributed by atoms with Crippen molar-refractivity contribution in [2.75, 3.05) is 20.0 Å². The molecule has 0 atom stereocenters. The SMILES string of the molecule is COc1c(CCO)cc(F)c(S(C)(=O)=O)c1F. The number of hydrogen-bond acceptors (Lipinski definition) is 4. The number of ether oxygens (including phenoxy) is 1. The van der Waals surface area contributed by atoms with E-state index in [0.29, 0.717) is 6.26 Å². The zero-order chi connectivity index (χ0) is 13.2. The van der Waals surface area contributed by atoms with Crippen LogP contribution < -0.4 is 4.74 Å². The molecule has 0 saturated carbocycles. The van der Waals surface area contributed by atoms with E-state index >= 15 is 0 Å². The largest absolute Gasteiger partial charge is 0.493 e. The number of aliphatic hydroxyl groups is 1. The lowest BCUT2D eigenvalue weighted by atomic mass is 10.1. The van der Waals surface area contributed by atoms with E-state index in [-0.39, 0.29) is 24.3 Å². The molecule has 17 heavy (non-hydrogen) atoms. The Labute approximate surface area is 97.8 Å². The fraction of sp³-hybridized carbons (Fsp3) is 0.400. The molecule has 0 aliphatic carbocycles. The van der Waals surface area contributed by atoms with Gasteiger partial charge in [-0.25, -0.2) is 17.2 Å². The van der Waals surface area contributed by atoms with E-state index in [0.717, 1.165) is 13.2 Å². The fourth-order valence-electron chi connectivity index (χ4n) is 1.50. The third-order valence-corrected chi connectivity index (χ3v) is 3.28. The Morgan fingerprint density at radius 1 is 1.41 bits per heavy atom. The van der Waals surface area contributed by atoms with Crippen molar-refractivity contribution in [2.45, 2.75) is 11.3 Å². The Balaban J connectivity index is 3.58. The highest BCUT2D eigenvalue weighted by atomic mass is 32.2. The number of halogens is 2. The molecule has 0 saturated heterocycles. The third kappa shape index (κ3) is 2.73. The van der Waals surface area contributed by atoms with Gasteiger partial charge in [0.25, 0.3) is 0 Å². The van der Waals surface area contributed by atoms with Crippen LogP contribution in [-0.4, -0.2) is 33.5 Å². The Bertz CT molecular complexity index is 526. The average molecular weight is 266 g/mol. The molecule has 0 amide bonds. The molecule has 1 aromatic carbocycles. The van der Waals surface area contributed by atoms with E-state index in [9.17, 15) is 17.2 Å². The summed E-state index contributed by atoms with van der Waals surface area (Å²) < 4.78 is 54.4. The van der Waals surface area contributed by atoms with Crippen LogP contribution in [-0.2, 0) is 16.3 Å². The summed E-state index contributed by atoms with van der Waals surface area (Å²) in [6, 6.07) is 0.856. The van der Waals surface area contributed by atoms with Gasteiger partial charge in [-0.15, -0.1) is 0 Å². The highest BCUT2D eigenvalue weighted by Gasteiger charge is 2.25. The molecule has 0 aliphatic heterocycles. The van der Waals surface area contributed by atoms with Crippen LogP contribution in [0.2, 0.25) is 0 Å². The van der Waals surface area contributed by atoms with Crippen LogP contribution in [0, 0.1) is 11.6 Å². The van der Waals surface area contributed by atoms with Gasteiger partial charge in [0, 0.05) is 18.4 Å². The molecule has 0 bridgehead atoms. The topological polar surface area (TPSA) is 63.6 Å². The van der Waals surface area contributed by atoms with Crippen molar-refractivity contribution in [2.24, 2.45) is 0 Å². The van der Waals surface area contributed by atoms with Crippen LogP contribution in [0.25, 0.3) is 0 Å². The van der Waals surface area contributed by atoms with Crippen molar-refractivity contribution in [1.82, 2.24) is 0 Å². The van der Waals surface area contributed by atoms with Crippen LogP contribution in [0.4, 0.5) is 8.78 Å². The van der Waals surface area contributed by atoms with Gasteiger partial charge >= 0.3 is 0 Å². The molecule has 0 unspecified atom stereocenters. The molecule has 0 radical (unpaired) electrons. The van der Waals surface area contributed by atoms with Crippen molar-refractivity contribution in [3.8, 4) is 5.75 Å². The molecule has 1 aromatic rings. The van der Waals surface area contributed by atoms with Gasteiger partial charge in [0.15, 0.2) is 21.4 Å². The first kappa shape index (κ1) is 13.9. The number of aliphatic hydroxyl groups excluding tert-OH is 1. The van der Waals surface area contributed by atoms with Gasteiger partial charge in [0.2, 0.25) is 0 Å². The van der Waals surface area contributed by atoms with Gasteiger partial charge < -0.3 is 9.84 Å². The Kier molecular flexibility index (Phi) is 4.05. The lowest BCUT2D eigenvalue weighted by molar-refractivity contribution is 0.294. The smallest absolute Gasteiger partial charge is 0.186 e. The third-order valence-electron chi connectivity index (χ3n) is 2.16. The molecule has 1 rings (SSSR count). The van der Waals surface area contributed by atoms with Crippen molar-refractivity contribution in [3.63, 3.8) is 0 Å². The number of rotatable bonds is 4. The van der Waals surface area contributed by atoms with Crippen LogP contribution in [0.3, 0.4) is 0 Å². The monoisotopic (exact) mass is 266 g/mol. The number of hydrogen-bond donors (Lipinski definition) is 1. The molecule has 96 valence electrons. The lowest BCUT2D eigenvalue weighted by Crippen LogP contribution is -2.09. The first-order valence-corrected chi connectivity index (χ1v) is 6.57. The molecule has 1 N–H and O–H groups in total. The standard InChI is InChI=1S/C10H12F2O4S/c1-16-9-6(3-4-13)5-7(11)10(8(9)12)17(2,14)15/h5,13H,3-4H2,1-2H3. The predicted molar refractivity (Wildman–Crippen MR) is 56.8 cm³/mol. The number of methoxy groups -OCH3 is 1. The second-order valence-electron chi connectivity index (χ2n) is 3.44. The number of benzene rings is 1. The minimum atomic E-state index is -4.02. The summed E-state index contributed by atoms with van der Waals surface area (Å²) >= 11 is 0. The Hall–Kier alpha value is -1.21. The van der Waals surface area contributed by atoms with Gasteiger partial charge in [-0.2, -0.15) is 0 Å². The second kappa shape index (κ2) is 4.97. The van der Waals surface area contributed by atoms with Crippen molar-refractivity contribution in [1.29, 1.82) is 0 Å². The Morgan fingerprint density at radius 3 is 2.41 bits per heavy atom. The second-order valence-corrected chi connectivity index (χ2v) is 5.39. The molecular weight excluding hydrogens is 254 g/mol. The van der Waals surface area contributed by atoms with E-state index in [2.05, 4.69) is 0 Å². The first-order valence-electron chi connectivity index (χ1n) is 4.68. The maximum absolute atomic E-state index is 13.8. The van der Waals surface area contributed by atoms with E-state index in [1.807, 2.05) is 0 Å². The Morgan fingerprint density at radius 2 is 2.00 bits per heavy atom. The summed E-state index contributed by atoms with van der Waals surface area (Å²) in [7, 11) is -2.88. The van der Waals surface area contributed by atoms with Gasteiger partial charge in [0.05, 0.1) is 7.11 Å². The van der Waals surface area contributed by atoms with Crippen molar-refractivity contribution < 1.29 is 27.0 Å². The van der Waals surface area contributed by atoms with Gasteiger partial charge in [-0.3, -0.25) is 0 Å². The highest BCUT2D eigenvalue weighted by molar-refractivity contribution is 7.90. The van der Waals surface area contributed by atoms with E-state index in [4.69, 9.17) is 9.84 Å². The molecule has 0 aliphatic rings. The summed E-state index contributed by atoms with van der Waals surface area (Å²) in [5.74, 6) is -2.81. The molecule has 4 nitrogen and oxygen atoms in total. The van der Waals surface area contributed by atoms with Gasteiger partial charge in [0.1, 0.15) is 10.7 Å². The molecule has 7 heteroatoms. The first-order chi connectivity index (χ1) is 7.82. The molecular formula is C10H12F2O4S. The maximum Gasteiger partial charge on any atom is 0.186 e. The van der Waals surface area contributed by atoms with Crippen molar-refractivity contribution in [3.05, 3.63) is 23.3 Å². The molecule has 0 spiro atoms. The van der Waals surface area contributed by atoms with E-state index in [1.165, 1.54) is 0 Å². The summed E-state index contributed by atoms with van der Waals surface area (Å²) in [5, 5.41) is 8.73. The molecule has 0 fully saturated rings. The quantitative estimate of drug-likeness (QED) is 0.880. The van der Waals surface area contributed by atoms with Crippen LogP contribution in [0.1, 0.15) is 5.56 Å². The normalized spacial score (nSPS) is 11.6. The van der Waals surface area contributed by atoms with E-state index < -0.39 is 26.4 Å². The average Bonchev–Trinajstić information content (AvgIpc) is 2.15. The minimum absolute atomic E-state index is 0.0267. The maximum atomic E-state index is 13.8. The molecule has 0 aromatic heterocycles. The minimum Gasteiger partial charge on any atom is -0.493 e. The van der Waals surface area contributed by atoms with Gasteiger partial charge in [-0.05, 0) is 12.5 Å². The zero-order valence-electron chi connectivity index (χ0n) is 9.33. The summed E-state index contributed by atoms with van der Waals surface area (Å²) in [4.78, 5) is -1.02. The highest BCUT2D eigenvalue weighted by Crippen LogP contribution is 2.31. The summed E-state index contributed by atoms with van der Waals surface area (Å²) in [6.07, 6.45) is 0.681. The predicted octanol–water partition coefficient (Wildman–Crippen LogP) is 0.912. The molecule has 0 heterocycles. The zero-order valence-corrected chi connectivity index (χ0v) is 10.1. The van der Waals surface area contributed by atoms with Gasteiger partial charge in [-0.1, -0.05) is 0 Å². The van der Waals surface area contributed by atoms with Crippen LogP contribution in [0.5, 0.6) is 5.75 Å². The van der Waals surface area contributed by atoms with Crippen LogP contribution in [0.15, 0.2) is 11.0 Å². The fourth-order valence-corrected chi connectivity index (χ4v) is 2.33. The van der Waals surface area contributed by atoms with Crippen LogP contribution >= 0.6 is 0 Å².